The first-order valence-corrected chi connectivity index (χ1v) is 14.9. The molecule has 0 spiro atoms. The Morgan fingerprint density at radius 2 is 1.90 bits per heavy atom. The number of hydrogen-bond acceptors (Lipinski definition) is 5. The Bertz CT molecular complexity index is 1600. The third kappa shape index (κ3) is 5.61. The number of aliphatic imine (C=N–C) groups is 1. The van der Waals surface area contributed by atoms with E-state index in [-0.39, 0.29) is 11.3 Å². The molecule has 1 aliphatic carbocycles. The van der Waals surface area contributed by atoms with Crippen molar-refractivity contribution in [2.24, 2.45) is 10.4 Å². The van der Waals surface area contributed by atoms with Gasteiger partial charge in [0.2, 0.25) is 0 Å². The second-order valence-electron chi connectivity index (χ2n) is 12.0. The molecule has 7 nitrogen and oxygen atoms in total. The summed E-state index contributed by atoms with van der Waals surface area (Å²) < 4.78 is 32.2. The smallest absolute Gasteiger partial charge is 0.333 e. The van der Waals surface area contributed by atoms with Gasteiger partial charge in [0.15, 0.2) is 0 Å². The number of aromatic amines is 1. The molecule has 4 heterocycles. The first-order chi connectivity index (χ1) is 20.3. The number of fused-ring (bicyclic) bond motifs is 1. The average Bonchev–Trinajstić information content (AvgIpc) is 3.60. The standard InChI is InChI=1S/C33H38F2N6O/c1-21-26(22-10-12-25(42-3)13-11-22)8-6-9-29(39-21)33(2)15-5-4-7-23(14-16-33)30-27-17-28(40-31(27)37-20-36-30)24-18-38-41(19-24)32(34)35/h9-13,17-20,23,26,32H,4-8,14-16H2,1-3H3,(H,36,37,40). The molecule has 42 heavy (non-hydrogen) atoms. The summed E-state index contributed by atoms with van der Waals surface area (Å²) in [5.41, 5.74) is 6.76. The molecule has 1 saturated carbocycles. The van der Waals surface area contributed by atoms with Gasteiger partial charge in [0.25, 0.3) is 0 Å². The van der Waals surface area contributed by atoms with Gasteiger partial charge in [-0.3, -0.25) is 4.99 Å². The Balaban J connectivity index is 1.23. The molecule has 1 aliphatic heterocycles. The third-order valence-electron chi connectivity index (χ3n) is 9.26. The highest BCUT2D eigenvalue weighted by atomic mass is 19.3. The van der Waals surface area contributed by atoms with Crippen LogP contribution in [-0.2, 0) is 0 Å². The zero-order chi connectivity index (χ0) is 29.3. The molecule has 6 rings (SSSR count). The van der Waals surface area contributed by atoms with Crippen LogP contribution in [0.25, 0.3) is 22.3 Å². The molecule has 3 unspecified atom stereocenters. The van der Waals surface area contributed by atoms with E-state index < -0.39 is 6.55 Å². The summed E-state index contributed by atoms with van der Waals surface area (Å²) in [6.07, 6.45) is 15.3. The van der Waals surface area contributed by atoms with Gasteiger partial charge in [-0.15, -0.1) is 0 Å². The minimum Gasteiger partial charge on any atom is -0.497 e. The Kier molecular flexibility index (Phi) is 7.92. The lowest BCUT2D eigenvalue weighted by molar-refractivity contribution is 0.0566. The van der Waals surface area contributed by atoms with Gasteiger partial charge in [-0.05, 0) is 69.2 Å². The number of hydrogen-bond donors (Lipinski definition) is 1. The van der Waals surface area contributed by atoms with Crippen LogP contribution in [0.3, 0.4) is 0 Å². The van der Waals surface area contributed by atoms with Crippen molar-refractivity contribution in [2.45, 2.75) is 83.6 Å². The maximum absolute atomic E-state index is 13.1. The van der Waals surface area contributed by atoms with Crippen LogP contribution in [0.2, 0.25) is 0 Å². The van der Waals surface area contributed by atoms with Crippen molar-refractivity contribution in [1.82, 2.24) is 24.7 Å². The van der Waals surface area contributed by atoms with E-state index in [4.69, 9.17) is 14.7 Å². The minimum atomic E-state index is -2.67. The first kappa shape index (κ1) is 28.2. The minimum absolute atomic E-state index is 0.00592. The number of halogens is 2. The van der Waals surface area contributed by atoms with Crippen molar-refractivity contribution in [3.05, 3.63) is 72.1 Å². The Morgan fingerprint density at radius 3 is 2.67 bits per heavy atom. The third-order valence-corrected chi connectivity index (χ3v) is 9.26. The highest BCUT2D eigenvalue weighted by Gasteiger charge is 2.34. The number of methoxy groups -OCH3 is 1. The van der Waals surface area contributed by atoms with Crippen molar-refractivity contribution in [3.63, 3.8) is 0 Å². The zero-order valence-corrected chi connectivity index (χ0v) is 24.5. The lowest BCUT2D eigenvalue weighted by Gasteiger charge is -2.34. The Labute approximate surface area is 245 Å². The molecule has 2 aliphatic rings. The number of ether oxygens (including phenoxy) is 1. The summed E-state index contributed by atoms with van der Waals surface area (Å²) in [5.74, 6) is 1.46. The summed E-state index contributed by atoms with van der Waals surface area (Å²) >= 11 is 0. The molecule has 0 amide bonds. The molecule has 4 aromatic rings. The maximum atomic E-state index is 13.1. The SMILES string of the molecule is COc1ccc(C2CCC=C(C3(C)CCCCC(c4ncnc5[nH]c(-c6cnn(C(F)F)c6)cc45)CC3)N=C2C)cc1. The molecular weight excluding hydrogens is 534 g/mol. The number of allylic oxidation sites excluding steroid dienone is 2. The van der Waals surface area contributed by atoms with Gasteiger partial charge in [-0.1, -0.05) is 38.0 Å². The van der Waals surface area contributed by atoms with Crippen LogP contribution in [0, 0.1) is 5.41 Å². The molecule has 3 aromatic heterocycles. The monoisotopic (exact) mass is 572 g/mol. The topological polar surface area (TPSA) is 81.0 Å². The number of nitrogens with one attached hydrogen (secondary N) is 1. The molecular formula is C33H38F2N6O. The van der Waals surface area contributed by atoms with Crippen molar-refractivity contribution in [1.29, 1.82) is 0 Å². The van der Waals surface area contributed by atoms with Crippen LogP contribution in [0.5, 0.6) is 5.75 Å². The van der Waals surface area contributed by atoms with Crippen molar-refractivity contribution in [2.75, 3.05) is 7.11 Å². The largest absolute Gasteiger partial charge is 0.497 e. The van der Waals surface area contributed by atoms with E-state index in [9.17, 15) is 8.78 Å². The van der Waals surface area contributed by atoms with Gasteiger partial charge in [-0.25, -0.2) is 14.6 Å². The Hall–Kier alpha value is -3.88. The number of rotatable bonds is 6. The second-order valence-corrected chi connectivity index (χ2v) is 12.0. The summed E-state index contributed by atoms with van der Waals surface area (Å²) in [6.45, 7) is 1.89. The fraction of sp³-hybridized carbons (Fsp3) is 0.455. The fourth-order valence-corrected chi connectivity index (χ4v) is 6.76. The summed E-state index contributed by atoms with van der Waals surface area (Å²) in [4.78, 5) is 17.8. The second kappa shape index (κ2) is 11.8. The molecule has 9 heteroatoms. The predicted molar refractivity (Wildman–Crippen MR) is 161 cm³/mol. The first-order valence-electron chi connectivity index (χ1n) is 14.9. The highest BCUT2D eigenvalue weighted by molar-refractivity contribution is 5.90. The number of alkyl halides is 2. The molecule has 0 bridgehead atoms. The molecule has 1 N–H and O–H groups in total. The van der Waals surface area contributed by atoms with E-state index in [0.717, 1.165) is 73.8 Å². The summed E-state index contributed by atoms with van der Waals surface area (Å²) in [6, 6.07) is 10.4. The van der Waals surface area contributed by atoms with Crippen LogP contribution in [-0.4, -0.2) is 37.6 Å². The van der Waals surface area contributed by atoms with Gasteiger partial charge >= 0.3 is 6.55 Å². The fourth-order valence-electron chi connectivity index (χ4n) is 6.76. The molecule has 220 valence electrons. The molecule has 1 aromatic carbocycles. The lowest BCUT2D eigenvalue weighted by Crippen LogP contribution is -2.23. The molecule has 0 radical (unpaired) electrons. The normalized spacial score (nSPS) is 23.7. The predicted octanol–water partition coefficient (Wildman–Crippen LogP) is 8.59. The van der Waals surface area contributed by atoms with Crippen LogP contribution in [0.15, 0.2) is 65.8 Å². The number of benzene rings is 1. The van der Waals surface area contributed by atoms with E-state index >= 15 is 0 Å². The van der Waals surface area contributed by atoms with Gasteiger partial charge < -0.3 is 9.72 Å². The maximum Gasteiger partial charge on any atom is 0.333 e. The van der Waals surface area contributed by atoms with Crippen LogP contribution in [0.1, 0.15) is 94.9 Å². The molecule has 3 atom stereocenters. The Morgan fingerprint density at radius 1 is 1.07 bits per heavy atom. The quantitative estimate of drug-likeness (QED) is 0.251. The zero-order valence-electron chi connectivity index (χ0n) is 24.5. The van der Waals surface area contributed by atoms with Crippen LogP contribution in [0.4, 0.5) is 8.78 Å². The van der Waals surface area contributed by atoms with Crippen molar-refractivity contribution in [3.8, 4) is 17.0 Å². The van der Waals surface area contributed by atoms with E-state index in [1.165, 1.54) is 29.4 Å². The van der Waals surface area contributed by atoms with E-state index in [1.807, 2.05) is 18.2 Å². The summed E-state index contributed by atoms with van der Waals surface area (Å²) in [7, 11) is 1.70. The average molecular weight is 573 g/mol. The van der Waals surface area contributed by atoms with Crippen molar-refractivity contribution < 1.29 is 13.5 Å². The molecule has 1 fully saturated rings. The number of H-pyrrole nitrogens is 1. The molecule has 0 saturated heterocycles. The van der Waals surface area contributed by atoms with E-state index in [0.29, 0.717) is 21.9 Å². The number of nitrogens with zero attached hydrogens (tertiary/aromatic N) is 5. The van der Waals surface area contributed by atoms with Gasteiger partial charge in [-0.2, -0.15) is 13.9 Å². The van der Waals surface area contributed by atoms with Gasteiger partial charge in [0.05, 0.1) is 24.7 Å². The van der Waals surface area contributed by atoms with E-state index in [2.05, 4.69) is 47.1 Å². The van der Waals surface area contributed by atoms with Crippen molar-refractivity contribution >= 4 is 16.7 Å². The van der Waals surface area contributed by atoms with E-state index in [1.54, 1.807) is 13.4 Å². The lowest BCUT2D eigenvalue weighted by atomic mass is 9.72. The van der Waals surface area contributed by atoms with Gasteiger partial charge in [0.1, 0.15) is 17.7 Å². The van der Waals surface area contributed by atoms with Gasteiger partial charge in [0, 0.05) is 45.8 Å². The number of aromatic nitrogens is 5. The highest BCUT2D eigenvalue weighted by Crippen LogP contribution is 2.46. The summed E-state index contributed by atoms with van der Waals surface area (Å²) in [5, 5.41) is 4.74. The van der Waals surface area contributed by atoms with Crippen LogP contribution >= 0.6 is 0 Å². The van der Waals surface area contributed by atoms with Crippen LogP contribution < -0.4 is 4.74 Å².